The van der Waals surface area contributed by atoms with E-state index in [0.29, 0.717) is 13.0 Å². The maximum Gasteiger partial charge on any atom is 0.397 e. The summed E-state index contributed by atoms with van der Waals surface area (Å²) in [7, 11) is -5.06. The summed E-state index contributed by atoms with van der Waals surface area (Å²) in [5.74, 6) is -0.415. The molecule has 13 heteroatoms. The van der Waals surface area contributed by atoms with Crippen molar-refractivity contribution in [3.05, 3.63) is 48.6 Å². The summed E-state index contributed by atoms with van der Waals surface area (Å²) in [4.78, 5) is 12.8. The first-order chi connectivity index (χ1) is 26.6. The molecule has 0 aromatic carbocycles. The second-order valence-corrected chi connectivity index (χ2v) is 15.2. The van der Waals surface area contributed by atoms with Crippen molar-refractivity contribution in [2.45, 2.75) is 185 Å². The summed E-state index contributed by atoms with van der Waals surface area (Å²) in [6.07, 6.45) is 30.1. The highest BCUT2D eigenvalue weighted by Gasteiger charge is 2.48. The van der Waals surface area contributed by atoms with Gasteiger partial charge in [-0.05, 0) is 64.2 Å². The standard InChI is InChI=1S/C42H74O12S/c1-3-5-7-9-11-13-15-16-17-18-19-20-21-23-25-27-29-31-38(44)52-36(34-50-32-30-28-26-24-22-14-12-10-8-6-4-2)35-51-42-40(46)41(54-55(47,48)49)39(45)37(33-43)53-42/h5,7-8,10-11,13,16-17,36-37,39-43,45-46H,3-4,6,9,12,14-15,18-35H2,1-2H3,(H,47,48,49)/b7-5-,10-8-,13-11-,17-16-. The second-order valence-electron chi connectivity index (χ2n) is 14.2. The van der Waals surface area contributed by atoms with Gasteiger partial charge in [-0.15, -0.1) is 0 Å². The van der Waals surface area contributed by atoms with E-state index >= 15 is 0 Å². The number of rotatable bonds is 35. The van der Waals surface area contributed by atoms with Crippen molar-refractivity contribution in [1.82, 2.24) is 0 Å². The molecule has 4 N–H and O–H groups in total. The molecule has 0 spiro atoms. The van der Waals surface area contributed by atoms with Crippen molar-refractivity contribution in [3.63, 3.8) is 0 Å². The highest BCUT2D eigenvalue weighted by atomic mass is 32.3. The van der Waals surface area contributed by atoms with Crippen LogP contribution in [-0.2, 0) is 38.3 Å². The van der Waals surface area contributed by atoms with Crippen molar-refractivity contribution < 1.29 is 56.2 Å². The van der Waals surface area contributed by atoms with Gasteiger partial charge in [-0.2, -0.15) is 8.42 Å². The number of carbonyl (C=O) groups is 1. The predicted molar refractivity (Wildman–Crippen MR) is 216 cm³/mol. The molecule has 6 unspecified atom stereocenters. The van der Waals surface area contributed by atoms with Crippen molar-refractivity contribution in [2.24, 2.45) is 0 Å². The zero-order chi connectivity index (χ0) is 40.4. The van der Waals surface area contributed by atoms with Crippen LogP contribution in [0, 0.1) is 0 Å². The Bertz CT molecular complexity index is 1160. The van der Waals surface area contributed by atoms with Gasteiger partial charge in [-0.25, -0.2) is 4.18 Å². The van der Waals surface area contributed by atoms with Crippen LogP contribution in [0.4, 0.5) is 0 Å². The van der Waals surface area contributed by atoms with E-state index in [0.717, 1.165) is 83.5 Å². The van der Waals surface area contributed by atoms with E-state index in [1.807, 2.05) is 0 Å². The molecule has 1 aliphatic heterocycles. The summed E-state index contributed by atoms with van der Waals surface area (Å²) in [6, 6.07) is 0. The summed E-state index contributed by atoms with van der Waals surface area (Å²) in [5.41, 5.74) is 0. The minimum absolute atomic E-state index is 0.0260. The minimum atomic E-state index is -5.06. The first-order valence-corrected chi connectivity index (χ1v) is 22.3. The first kappa shape index (κ1) is 51.1. The molecule has 1 rings (SSSR count). The van der Waals surface area contributed by atoms with Crippen LogP contribution in [0.2, 0.25) is 0 Å². The van der Waals surface area contributed by atoms with Crippen molar-refractivity contribution in [1.29, 1.82) is 0 Å². The molecular weight excluding hydrogens is 729 g/mol. The number of ether oxygens (including phenoxy) is 4. The average molecular weight is 803 g/mol. The van der Waals surface area contributed by atoms with Crippen LogP contribution < -0.4 is 0 Å². The third-order valence-electron chi connectivity index (χ3n) is 9.17. The SMILES string of the molecule is CC/C=C\C/C=C\C/C=C\CCCCCCCCCC(=O)OC(COCCCCCCCC/C=C\CCC)COC1OC(CO)C(O)C(OS(=O)(=O)O)C1O. The second kappa shape index (κ2) is 34.1. The van der Waals surface area contributed by atoms with Crippen molar-refractivity contribution in [3.8, 4) is 0 Å². The molecule has 1 aliphatic rings. The lowest BCUT2D eigenvalue weighted by Crippen LogP contribution is -2.60. The molecule has 0 bridgehead atoms. The Morgan fingerprint density at radius 1 is 0.709 bits per heavy atom. The Morgan fingerprint density at radius 3 is 1.85 bits per heavy atom. The molecule has 320 valence electrons. The Hall–Kier alpha value is -1.94. The lowest BCUT2D eigenvalue weighted by Gasteiger charge is -2.41. The molecule has 55 heavy (non-hydrogen) atoms. The average Bonchev–Trinajstić information content (AvgIpc) is 3.15. The monoisotopic (exact) mass is 802 g/mol. The zero-order valence-electron chi connectivity index (χ0n) is 33.7. The summed E-state index contributed by atoms with van der Waals surface area (Å²) >= 11 is 0. The van der Waals surface area contributed by atoms with Gasteiger partial charge in [0.1, 0.15) is 30.5 Å². The fourth-order valence-corrected chi connectivity index (χ4v) is 6.55. The minimum Gasteiger partial charge on any atom is -0.457 e. The largest absolute Gasteiger partial charge is 0.457 e. The van der Waals surface area contributed by atoms with Gasteiger partial charge in [0.15, 0.2) is 6.29 Å². The van der Waals surface area contributed by atoms with Gasteiger partial charge in [0.2, 0.25) is 0 Å². The number of hydrogen-bond donors (Lipinski definition) is 4. The highest BCUT2D eigenvalue weighted by molar-refractivity contribution is 7.80. The van der Waals surface area contributed by atoms with E-state index in [-0.39, 0.29) is 19.6 Å². The van der Waals surface area contributed by atoms with Crippen LogP contribution in [0.15, 0.2) is 48.6 Å². The van der Waals surface area contributed by atoms with Crippen molar-refractivity contribution in [2.75, 3.05) is 26.4 Å². The van der Waals surface area contributed by atoms with E-state index < -0.39 is 59.8 Å². The molecule has 0 amide bonds. The van der Waals surface area contributed by atoms with Crippen LogP contribution in [0.5, 0.6) is 0 Å². The Kier molecular flexibility index (Phi) is 31.7. The number of carbonyl (C=O) groups excluding carboxylic acids is 1. The maximum atomic E-state index is 12.8. The lowest BCUT2D eigenvalue weighted by atomic mass is 9.99. The fraction of sp³-hybridized carbons (Fsp3) is 0.786. The number of hydrogen-bond acceptors (Lipinski definition) is 11. The first-order valence-electron chi connectivity index (χ1n) is 20.9. The van der Waals surface area contributed by atoms with E-state index in [1.165, 1.54) is 38.5 Å². The normalized spacial score (nSPS) is 21.5. The Morgan fingerprint density at radius 2 is 1.25 bits per heavy atom. The number of allylic oxidation sites excluding steroid dienone is 8. The molecule has 1 saturated heterocycles. The summed E-state index contributed by atoms with van der Waals surface area (Å²) in [5, 5.41) is 30.6. The maximum absolute atomic E-state index is 12.8. The fourth-order valence-electron chi connectivity index (χ4n) is 6.04. The van der Waals surface area contributed by atoms with Gasteiger partial charge in [-0.1, -0.05) is 127 Å². The number of aliphatic hydroxyl groups excluding tert-OH is 3. The van der Waals surface area contributed by atoms with Gasteiger partial charge in [0.05, 0.1) is 19.8 Å². The van der Waals surface area contributed by atoms with Gasteiger partial charge in [0, 0.05) is 13.0 Å². The lowest BCUT2D eigenvalue weighted by molar-refractivity contribution is -0.301. The third-order valence-corrected chi connectivity index (χ3v) is 9.63. The summed E-state index contributed by atoms with van der Waals surface area (Å²) < 4.78 is 58.9. The van der Waals surface area contributed by atoms with Crippen LogP contribution in [-0.4, -0.2) is 97.5 Å². The highest BCUT2D eigenvalue weighted by Crippen LogP contribution is 2.26. The predicted octanol–water partition coefficient (Wildman–Crippen LogP) is 8.02. The molecule has 6 atom stereocenters. The zero-order valence-corrected chi connectivity index (χ0v) is 34.5. The van der Waals surface area contributed by atoms with Gasteiger partial charge in [0.25, 0.3) is 0 Å². The van der Waals surface area contributed by atoms with Crippen LogP contribution in [0.1, 0.15) is 149 Å². The van der Waals surface area contributed by atoms with E-state index in [4.69, 9.17) is 23.5 Å². The molecule has 0 aromatic heterocycles. The molecule has 12 nitrogen and oxygen atoms in total. The summed E-state index contributed by atoms with van der Waals surface area (Å²) in [6.45, 7) is 3.77. The van der Waals surface area contributed by atoms with E-state index in [1.54, 1.807) is 0 Å². The molecule has 0 saturated carbocycles. The van der Waals surface area contributed by atoms with Gasteiger partial charge < -0.3 is 34.3 Å². The quantitative estimate of drug-likeness (QED) is 0.0210. The van der Waals surface area contributed by atoms with Crippen LogP contribution >= 0.6 is 0 Å². The Labute approximate surface area is 332 Å². The number of unbranched alkanes of at least 4 members (excludes halogenated alkanes) is 14. The van der Waals surface area contributed by atoms with Crippen LogP contribution in [0.25, 0.3) is 0 Å². The molecule has 0 aromatic rings. The smallest absolute Gasteiger partial charge is 0.397 e. The van der Waals surface area contributed by atoms with Gasteiger partial charge >= 0.3 is 16.4 Å². The van der Waals surface area contributed by atoms with Crippen LogP contribution in [0.3, 0.4) is 0 Å². The Balaban J connectivity index is 2.46. The topological polar surface area (TPSA) is 178 Å². The molecule has 1 fully saturated rings. The van der Waals surface area contributed by atoms with Crippen molar-refractivity contribution >= 4 is 16.4 Å². The number of esters is 1. The molecule has 0 radical (unpaired) electrons. The third kappa shape index (κ3) is 28.2. The molecule has 1 heterocycles. The molecular formula is C42H74O12S. The number of aliphatic hydroxyl groups is 3. The van der Waals surface area contributed by atoms with E-state index in [9.17, 15) is 28.5 Å². The van der Waals surface area contributed by atoms with E-state index in [2.05, 4.69) is 66.6 Å². The van der Waals surface area contributed by atoms with Gasteiger partial charge in [-0.3, -0.25) is 9.35 Å². The molecule has 0 aliphatic carbocycles.